The lowest BCUT2D eigenvalue weighted by Crippen LogP contribution is -2.38. The molecule has 102 valence electrons. The number of nitro benzene ring substituents is 1. The van der Waals surface area contributed by atoms with Gasteiger partial charge in [0.25, 0.3) is 5.69 Å². The van der Waals surface area contributed by atoms with Crippen molar-refractivity contribution >= 4 is 28.8 Å². The van der Waals surface area contributed by atoms with Crippen LogP contribution in [0.15, 0.2) is 18.2 Å². The van der Waals surface area contributed by atoms with Crippen molar-refractivity contribution in [2.45, 2.75) is 19.8 Å². The minimum atomic E-state index is -0.414. The summed E-state index contributed by atoms with van der Waals surface area (Å²) in [6.45, 7) is 2.81. The molecule has 1 fully saturated rings. The number of carbonyl (C=O) groups excluding carboxylic acids is 1. The van der Waals surface area contributed by atoms with Crippen molar-refractivity contribution in [2.24, 2.45) is 5.92 Å². The summed E-state index contributed by atoms with van der Waals surface area (Å²) in [4.78, 5) is 24.0. The van der Waals surface area contributed by atoms with Crippen molar-refractivity contribution in [3.05, 3.63) is 33.3 Å². The van der Waals surface area contributed by atoms with E-state index in [4.69, 9.17) is 11.6 Å². The van der Waals surface area contributed by atoms with Crippen molar-refractivity contribution in [2.75, 3.05) is 18.0 Å². The highest BCUT2D eigenvalue weighted by Crippen LogP contribution is 2.33. The number of Topliss-reactive ketones (excluding diaryl/α,β-unsaturated/α-hetero) is 1. The summed E-state index contributed by atoms with van der Waals surface area (Å²) in [5.74, 6) is 0.0849. The van der Waals surface area contributed by atoms with Gasteiger partial charge in [0.1, 0.15) is 11.5 Å². The van der Waals surface area contributed by atoms with E-state index in [-0.39, 0.29) is 17.4 Å². The normalized spacial score (nSPS) is 19.3. The highest BCUT2D eigenvalue weighted by Gasteiger charge is 2.27. The molecule has 1 atom stereocenters. The van der Waals surface area contributed by atoms with Gasteiger partial charge in [-0.25, -0.2) is 0 Å². The summed E-state index contributed by atoms with van der Waals surface area (Å²) in [7, 11) is 0. The van der Waals surface area contributed by atoms with E-state index >= 15 is 0 Å². The van der Waals surface area contributed by atoms with Crippen LogP contribution >= 0.6 is 11.6 Å². The van der Waals surface area contributed by atoms with Crippen molar-refractivity contribution < 1.29 is 9.72 Å². The van der Waals surface area contributed by atoms with E-state index in [9.17, 15) is 14.9 Å². The molecule has 0 aliphatic carbocycles. The molecule has 0 radical (unpaired) electrons. The van der Waals surface area contributed by atoms with E-state index in [1.165, 1.54) is 12.1 Å². The Balaban J connectivity index is 2.32. The van der Waals surface area contributed by atoms with Crippen LogP contribution in [0.1, 0.15) is 19.8 Å². The van der Waals surface area contributed by atoms with Crippen molar-refractivity contribution in [1.29, 1.82) is 0 Å². The molecule has 0 aromatic heterocycles. The molecule has 1 aromatic carbocycles. The second-order valence-corrected chi connectivity index (χ2v) is 5.22. The van der Waals surface area contributed by atoms with Gasteiger partial charge in [0.15, 0.2) is 0 Å². The Kier molecular flexibility index (Phi) is 4.04. The summed E-state index contributed by atoms with van der Waals surface area (Å²) >= 11 is 5.92. The number of carbonyl (C=O) groups is 1. The second kappa shape index (κ2) is 5.57. The maximum Gasteiger partial charge on any atom is 0.292 e. The molecule has 0 amide bonds. The van der Waals surface area contributed by atoms with Crippen LogP contribution in [0.25, 0.3) is 0 Å². The monoisotopic (exact) mass is 282 g/mol. The van der Waals surface area contributed by atoms with Gasteiger partial charge >= 0.3 is 0 Å². The van der Waals surface area contributed by atoms with E-state index < -0.39 is 4.92 Å². The molecule has 19 heavy (non-hydrogen) atoms. The molecule has 1 saturated heterocycles. The summed E-state index contributed by atoms with van der Waals surface area (Å²) in [5.41, 5.74) is 0.539. The number of halogens is 1. The Labute approximate surface area is 116 Å². The first-order chi connectivity index (χ1) is 8.99. The van der Waals surface area contributed by atoms with Crippen molar-refractivity contribution in [3.8, 4) is 0 Å². The second-order valence-electron chi connectivity index (χ2n) is 4.79. The lowest BCUT2D eigenvalue weighted by molar-refractivity contribution is -0.384. The predicted molar refractivity (Wildman–Crippen MR) is 73.7 cm³/mol. The number of anilines is 1. The first kappa shape index (κ1) is 13.8. The van der Waals surface area contributed by atoms with Crippen LogP contribution in [-0.4, -0.2) is 23.8 Å². The smallest absolute Gasteiger partial charge is 0.292 e. The van der Waals surface area contributed by atoms with E-state index in [0.29, 0.717) is 23.8 Å². The van der Waals surface area contributed by atoms with Crippen LogP contribution in [0.3, 0.4) is 0 Å². The molecule has 0 spiro atoms. The summed E-state index contributed by atoms with van der Waals surface area (Å²) in [5, 5.41) is 11.5. The van der Waals surface area contributed by atoms with Crippen molar-refractivity contribution in [1.82, 2.24) is 0 Å². The van der Waals surface area contributed by atoms with Gasteiger partial charge in [-0.1, -0.05) is 11.6 Å². The molecule has 1 aliphatic heterocycles. The van der Waals surface area contributed by atoms with Crippen LogP contribution in [0, 0.1) is 16.0 Å². The third kappa shape index (κ3) is 3.04. The molecule has 6 heteroatoms. The first-order valence-corrected chi connectivity index (χ1v) is 6.56. The number of benzene rings is 1. The zero-order valence-corrected chi connectivity index (χ0v) is 11.4. The fraction of sp³-hybridized carbons (Fsp3) is 0.462. The maximum atomic E-state index is 11.5. The Hall–Kier alpha value is -1.62. The van der Waals surface area contributed by atoms with Gasteiger partial charge < -0.3 is 4.90 Å². The van der Waals surface area contributed by atoms with E-state index in [0.717, 1.165) is 12.8 Å². The lowest BCUT2D eigenvalue weighted by atomic mass is 9.94. The van der Waals surface area contributed by atoms with Gasteiger partial charge in [-0.05, 0) is 31.9 Å². The fourth-order valence-electron chi connectivity index (χ4n) is 2.43. The highest BCUT2D eigenvalue weighted by molar-refractivity contribution is 6.31. The lowest BCUT2D eigenvalue weighted by Gasteiger charge is -2.33. The van der Waals surface area contributed by atoms with Gasteiger partial charge in [0.05, 0.1) is 4.92 Å². The zero-order chi connectivity index (χ0) is 14.0. The zero-order valence-electron chi connectivity index (χ0n) is 10.6. The van der Waals surface area contributed by atoms with E-state index in [1.54, 1.807) is 13.0 Å². The standard InChI is InChI=1S/C13H15ClN2O3/c1-9(17)10-3-2-6-15(8-10)13-7-11(14)4-5-12(13)16(18)19/h4-5,7,10H,2-3,6,8H2,1H3. The van der Waals surface area contributed by atoms with Gasteiger partial charge in [-0.15, -0.1) is 0 Å². The molecular formula is C13H15ClN2O3. The number of hydrogen-bond donors (Lipinski definition) is 0. The number of piperidine rings is 1. The van der Waals surface area contributed by atoms with Crippen molar-refractivity contribution in [3.63, 3.8) is 0 Å². The number of rotatable bonds is 3. The minimum Gasteiger partial charge on any atom is -0.365 e. The molecule has 1 heterocycles. The van der Waals surface area contributed by atoms with Crippen LogP contribution in [0.4, 0.5) is 11.4 Å². The molecule has 1 unspecified atom stereocenters. The molecule has 1 aliphatic rings. The molecule has 0 saturated carbocycles. The summed E-state index contributed by atoms with van der Waals surface area (Å²) in [6.07, 6.45) is 1.70. The number of ketones is 1. The van der Waals surface area contributed by atoms with Gasteiger partial charge in [0.2, 0.25) is 0 Å². The molecule has 0 bridgehead atoms. The average Bonchev–Trinajstić information content (AvgIpc) is 2.38. The third-order valence-electron chi connectivity index (χ3n) is 3.47. The quantitative estimate of drug-likeness (QED) is 0.631. The number of hydrogen-bond acceptors (Lipinski definition) is 4. The predicted octanol–water partition coefficient (Wildman–Crippen LogP) is 3.05. The first-order valence-electron chi connectivity index (χ1n) is 6.18. The van der Waals surface area contributed by atoms with E-state index in [2.05, 4.69) is 0 Å². The van der Waals surface area contributed by atoms with Crippen LogP contribution in [-0.2, 0) is 4.79 Å². The molecule has 1 aromatic rings. The molecule has 0 N–H and O–H groups in total. The maximum absolute atomic E-state index is 11.5. The van der Waals surface area contributed by atoms with Gasteiger partial charge in [0, 0.05) is 30.1 Å². The number of nitro groups is 1. The highest BCUT2D eigenvalue weighted by atomic mass is 35.5. The third-order valence-corrected chi connectivity index (χ3v) is 3.71. The Bertz CT molecular complexity index is 519. The average molecular weight is 283 g/mol. The Morgan fingerprint density at radius 1 is 1.53 bits per heavy atom. The minimum absolute atomic E-state index is 0.0357. The van der Waals surface area contributed by atoms with Crippen LogP contribution in [0.5, 0.6) is 0 Å². The molecule has 5 nitrogen and oxygen atoms in total. The number of nitrogens with zero attached hydrogens (tertiary/aromatic N) is 2. The van der Waals surface area contributed by atoms with Gasteiger partial charge in [-0.2, -0.15) is 0 Å². The Morgan fingerprint density at radius 3 is 2.89 bits per heavy atom. The molecule has 2 rings (SSSR count). The van der Waals surface area contributed by atoms with E-state index in [1.807, 2.05) is 4.90 Å². The summed E-state index contributed by atoms with van der Waals surface area (Å²) < 4.78 is 0. The van der Waals surface area contributed by atoms with Crippen LogP contribution in [0.2, 0.25) is 5.02 Å². The Morgan fingerprint density at radius 2 is 2.26 bits per heavy atom. The SMILES string of the molecule is CC(=O)C1CCCN(c2cc(Cl)ccc2[N+](=O)[O-])C1. The fourth-order valence-corrected chi connectivity index (χ4v) is 2.60. The van der Waals surface area contributed by atoms with Gasteiger partial charge in [-0.3, -0.25) is 14.9 Å². The largest absolute Gasteiger partial charge is 0.365 e. The van der Waals surface area contributed by atoms with Crippen LogP contribution < -0.4 is 4.90 Å². The molecular weight excluding hydrogens is 268 g/mol. The topological polar surface area (TPSA) is 63.5 Å². The summed E-state index contributed by atoms with van der Waals surface area (Å²) in [6, 6.07) is 4.52.